The lowest BCUT2D eigenvalue weighted by molar-refractivity contribution is -0.0506. The third-order valence-corrected chi connectivity index (χ3v) is 6.47. The van der Waals surface area contributed by atoms with Crippen LogP contribution in [0.4, 0.5) is 13.2 Å². The minimum atomic E-state index is -3.21. The van der Waals surface area contributed by atoms with Gasteiger partial charge in [-0.05, 0) is 38.8 Å². The topological polar surface area (TPSA) is 83.0 Å². The molecule has 0 amide bonds. The average molecular weight is 564 g/mol. The standard InChI is InChI=1S/C18H27F3N4O3S.HI/c1-3-22-18(24-13-8-10-25(11-9-13)29(26,27)4-2)23-12-14-15(19)6-5-7-16(14)28-17(20)21;/h5-7,13,17H,3-4,8-12H2,1-2H3,(H2,22,23,24);1H. The van der Waals surface area contributed by atoms with Crippen LogP contribution in [0.15, 0.2) is 23.2 Å². The molecule has 0 aliphatic carbocycles. The zero-order valence-corrected chi connectivity index (χ0v) is 20.1. The van der Waals surface area contributed by atoms with Crippen LogP contribution in [0.5, 0.6) is 5.75 Å². The fraction of sp³-hybridized carbons (Fsp3) is 0.611. The Hall–Kier alpha value is -1.28. The van der Waals surface area contributed by atoms with E-state index in [2.05, 4.69) is 20.4 Å². The van der Waals surface area contributed by atoms with Crippen LogP contribution in [0.25, 0.3) is 0 Å². The largest absolute Gasteiger partial charge is 0.434 e. The van der Waals surface area contributed by atoms with Crippen molar-refractivity contribution in [3.63, 3.8) is 0 Å². The normalized spacial score (nSPS) is 16.3. The molecule has 1 heterocycles. The molecule has 7 nitrogen and oxygen atoms in total. The fourth-order valence-electron chi connectivity index (χ4n) is 3.03. The van der Waals surface area contributed by atoms with Gasteiger partial charge in [-0.15, -0.1) is 24.0 Å². The van der Waals surface area contributed by atoms with Crippen molar-refractivity contribution in [1.82, 2.24) is 14.9 Å². The second-order valence-corrected chi connectivity index (χ2v) is 8.77. The number of ether oxygens (including phenoxy) is 1. The maximum absolute atomic E-state index is 14.1. The number of halogens is 4. The van der Waals surface area contributed by atoms with Crippen LogP contribution in [-0.2, 0) is 16.6 Å². The molecule has 2 rings (SSSR count). The van der Waals surface area contributed by atoms with Gasteiger partial charge in [-0.1, -0.05) is 6.07 Å². The highest BCUT2D eigenvalue weighted by molar-refractivity contribution is 14.0. The van der Waals surface area contributed by atoms with Gasteiger partial charge in [0.1, 0.15) is 11.6 Å². The Morgan fingerprint density at radius 3 is 2.53 bits per heavy atom. The number of rotatable bonds is 8. The first kappa shape index (κ1) is 26.8. The summed E-state index contributed by atoms with van der Waals surface area (Å²) in [6, 6.07) is 3.72. The second-order valence-electron chi connectivity index (χ2n) is 6.51. The summed E-state index contributed by atoms with van der Waals surface area (Å²) in [4.78, 5) is 4.29. The monoisotopic (exact) mass is 564 g/mol. The summed E-state index contributed by atoms with van der Waals surface area (Å²) >= 11 is 0. The molecule has 1 aromatic rings. The molecule has 1 saturated heterocycles. The summed E-state index contributed by atoms with van der Waals surface area (Å²) in [5.41, 5.74) is -0.0612. The van der Waals surface area contributed by atoms with Crippen LogP contribution < -0.4 is 15.4 Å². The van der Waals surface area contributed by atoms with Crippen LogP contribution in [0.1, 0.15) is 32.3 Å². The van der Waals surface area contributed by atoms with E-state index in [0.717, 1.165) is 6.07 Å². The van der Waals surface area contributed by atoms with E-state index in [0.29, 0.717) is 38.4 Å². The number of alkyl halides is 2. The Morgan fingerprint density at radius 1 is 1.30 bits per heavy atom. The third-order valence-electron chi connectivity index (χ3n) is 4.58. The number of guanidine groups is 1. The van der Waals surface area contributed by atoms with Crippen molar-refractivity contribution in [2.24, 2.45) is 4.99 Å². The lowest BCUT2D eigenvalue weighted by atomic mass is 10.1. The number of piperidine rings is 1. The lowest BCUT2D eigenvalue weighted by Gasteiger charge is -2.32. The van der Waals surface area contributed by atoms with Crippen LogP contribution in [-0.4, -0.2) is 56.7 Å². The number of nitrogens with one attached hydrogen (secondary N) is 2. The summed E-state index contributed by atoms with van der Waals surface area (Å²) in [5.74, 6) is -0.463. The van der Waals surface area contributed by atoms with Gasteiger partial charge in [0.05, 0.1) is 17.9 Å². The maximum atomic E-state index is 14.1. The van der Waals surface area contributed by atoms with E-state index < -0.39 is 22.5 Å². The lowest BCUT2D eigenvalue weighted by Crippen LogP contribution is -2.50. The van der Waals surface area contributed by atoms with Crippen molar-refractivity contribution in [2.75, 3.05) is 25.4 Å². The molecule has 1 fully saturated rings. The van der Waals surface area contributed by atoms with Gasteiger partial charge in [0.15, 0.2) is 5.96 Å². The molecular weight excluding hydrogens is 536 g/mol. The van der Waals surface area contributed by atoms with Crippen LogP contribution in [0.3, 0.4) is 0 Å². The molecule has 0 bridgehead atoms. The minimum absolute atomic E-state index is 0. The number of benzene rings is 1. The van der Waals surface area contributed by atoms with Crippen LogP contribution in [0.2, 0.25) is 0 Å². The minimum Gasteiger partial charge on any atom is -0.434 e. The van der Waals surface area contributed by atoms with Gasteiger partial charge < -0.3 is 15.4 Å². The highest BCUT2D eigenvalue weighted by Crippen LogP contribution is 2.24. The molecule has 30 heavy (non-hydrogen) atoms. The third kappa shape index (κ3) is 7.76. The number of hydrogen-bond donors (Lipinski definition) is 2. The summed E-state index contributed by atoms with van der Waals surface area (Å²) < 4.78 is 68.9. The van der Waals surface area contributed by atoms with Crippen LogP contribution in [0, 0.1) is 5.82 Å². The molecule has 0 atom stereocenters. The predicted octanol–water partition coefficient (Wildman–Crippen LogP) is 2.91. The number of aliphatic imine (C=N–C) groups is 1. The molecule has 12 heteroatoms. The summed E-state index contributed by atoms with van der Waals surface area (Å²) in [6.45, 7) is 1.60. The summed E-state index contributed by atoms with van der Waals surface area (Å²) in [6.07, 6.45) is 1.20. The number of nitrogens with zero attached hydrogens (tertiary/aromatic N) is 2. The highest BCUT2D eigenvalue weighted by Gasteiger charge is 2.27. The first-order valence-electron chi connectivity index (χ1n) is 9.51. The Morgan fingerprint density at radius 2 is 1.97 bits per heavy atom. The first-order valence-corrected chi connectivity index (χ1v) is 11.1. The van der Waals surface area contributed by atoms with Gasteiger partial charge in [-0.2, -0.15) is 8.78 Å². The van der Waals surface area contributed by atoms with E-state index in [-0.39, 0.29) is 53.6 Å². The first-order chi connectivity index (χ1) is 13.8. The van der Waals surface area contributed by atoms with Crippen LogP contribution >= 0.6 is 24.0 Å². The van der Waals surface area contributed by atoms with E-state index in [1.165, 1.54) is 16.4 Å². The van der Waals surface area contributed by atoms with E-state index >= 15 is 0 Å². The van der Waals surface area contributed by atoms with E-state index in [4.69, 9.17) is 0 Å². The SMILES string of the molecule is CCNC(=NCc1c(F)cccc1OC(F)F)NC1CCN(S(=O)(=O)CC)CC1.I. The van der Waals surface area contributed by atoms with Gasteiger partial charge in [0, 0.05) is 25.7 Å². The average Bonchev–Trinajstić information content (AvgIpc) is 2.67. The maximum Gasteiger partial charge on any atom is 0.387 e. The highest BCUT2D eigenvalue weighted by atomic mass is 127. The van der Waals surface area contributed by atoms with Gasteiger partial charge in [0.25, 0.3) is 0 Å². The molecule has 0 aromatic heterocycles. The molecule has 1 aliphatic heterocycles. The van der Waals surface area contributed by atoms with Crippen molar-refractivity contribution in [2.45, 2.75) is 45.9 Å². The second kappa shape index (κ2) is 12.5. The predicted molar refractivity (Wildman–Crippen MR) is 120 cm³/mol. The zero-order valence-electron chi connectivity index (χ0n) is 16.9. The van der Waals surface area contributed by atoms with Gasteiger partial charge in [-0.3, -0.25) is 0 Å². The fourth-order valence-corrected chi connectivity index (χ4v) is 4.16. The molecule has 172 valence electrons. The van der Waals surface area contributed by atoms with Crippen molar-refractivity contribution in [1.29, 1.82) is 0 Å². The zero-order chi connectivity index (χ0) is 21.4. The molecular formula is C18H28F3IN4O3S. The molecule has 0 saturated carbocycles. The number of sulfonamides is 1. The number of hydrogen-bond acceptors (Lipinski definition) is 4. The molecule has 1 aromatic carbocycles. The molecule has 1 aliphatic rings. The summed E-state index contributed by atoms with van der Waals surface area (Å²) in [7, 11) is -3.21. The molecule has 0 radical (unpaired) electrons. The Balaban J connectivity index is 0.00000450. The van der Waals surface area contributed by atoms with Crippen molar-refractivity contribution < 1.29 is 26.3 Å². The quantitative estimate of drug-likeness (QED) is 0.289. The van der Waals surface area contributed by atoms with E-state index in [1.807, 2.05) is 6.92 Å². The molecule has 2 N–H and O–H groups in total. The Bertz CT molecular complexity index is 804. The van der Waals surface area contributed by atoms with E-state index in [1.54, 1.807) is 6.92 Å². The molecule has 0 spiro atoms. The smallest absolute Gasteiger partial charge is 0.387 e. The Kier molecular flexibility index (Phi) is 11.2. The Labute approximate surface area is 192 Å². The van der Waals surface area contributed by atoms with Gasteiger partial charge in [0.2, 0.25) is 10.0 Å². The van der Waals surface area contributed by atoms with Gasteiger partial charge >= 0.3 is 6.61 Å². The molecule has 0 unspecified atom stereocenters. The van der Waals surface area contributed by atoms with Crippen molar-refractivity contribution in [3.8, 4) is 5.75 Å². The van der Waals surface area contributed by atoms with E-state index in [9.17, 15) is 21.6 Å². The van der Waals surface area contributed by atoms with Crippen molar-refractivity contribution in [3.05, 3.63) is 29.6 Å². The van der Waals surface area contributed by atoms with Gasteiger partial charge in [-0.25, -0.2) is 22.1 Å². The van der Waals surface area contributed by atoms with Crippen molar-refractivity contribution >= 4 is 40.0 Å². The summed E-state index contributed by atoms with van der Waals surface area (Å²) in [5, 5.41) is 6.23.